The number of halogens is 3. The topological polar surface area (TPSA) is 113 Å². The zero-order valence-electron chi connectivity index (χ0n) is 17.6. The second-order valence-electron chi connectivity index (χ2n) is 8.06. The average molecular weight is 458 g/mol. The summed E-state index contributed by atoms with van der Waals surface area (Å²) in [5.74, 6) is 0.671. The molecule has 172 valence electrons. The number of hydrogen-bond acceptors (Lipinski definition) is 6. The minimum atomic E-state index is -4.46. The molecular formula is C21H21F3N8O. The molecule has 1 aliphatic carbocycles. The van der Waals surface area contributed by atoms with Crippen LogP contribution in [-0.2, 0) is 11.8 Å². The Morgan fingerprint density at radius 1 is 1.27 bits per heavy atom. The van der Waals surface area contributed by atoms with Gasteiger partial charge in [0.15, 0.2) is 5.82 Å². The molecule has 0 spiro atoms. The quantitative estimate of drug-likeness (QED) is 0.452. The van der Waals surface area contributed by atoms with E-state index in [0.29, 0.717) is 23.3 Å². The molecule has 5 rings (SSSR count). The van der Waals surface area contributed by atoms with Crippen molar-refractivity contribution < 1.29 is 18.0 Å². The highest BCUT2D eigenvalue weighted by atomic mass is 19.4. The Morgan fingerprint density at radius 2 is 2.09 bits per heavy atom. The molecule has 0 bridgehead atoms. The van der Waals surface area contributed by atoms with Gasteiger partial charge in [0.2, 0.25) is 5.95 Å². The fraction of sp³-hybridized carbons (Fsp3) is 0.333. The van der Waals surface area contributed by atoms with Gasteiger partial charge in [-0.25, -0.2) is 4.68 Å². The first-order valence-corrected chi connectivity index (χ1v) is 10.4. The highest BCUT2D eigenvalue weighted by Crippen LogP contribution is 2.46. The van der Waals surface area contributed by atoms with Crippen molar-refractivity contribution in [2.45, 2.75) is 24.9 Å². The zero-order valence-corrected chi connectivity index (χ0v) is 17.6. The van der Waals surface area contributed by atoms with Gasteiger partial charge in [-0.3, -0.25) is 9.89 Å². The molecule has 0 saturated heterocycles. The molecule has 4 N–H and O–H groups in total. The van der Waals surface area contributed by atoms with Crippen molar-refractivity contribution in [3.05, 3.63) is 47.6 Å². The number of benzene rings is 1. The fourth-order valence-electron chi connectivity index (χ4n) is 3.79. The third-order valence-corrected chi connectivity index (χ3v) is 5.56. The van der Waals surface area contributed by atoms with Crippen LogP contribution in [0.1, 0.15) is 30.1 Å². The highest BCUT2D eigenvalue weighted by molar-refractivity contribution is 5.94. The van der Waals surface area contributed by atoms with Crippen LogP contribution in [0.25, 0.3) is 16.5 Å². The smallest absolute Gasteiger partial charge is 0.376 e. The third kappa shape index (κ3) is 4.41. The Balaban J connectivity index is 1.34. The summed E-state index contributed by atoms with van der Waals surface area (Å²) < 4.78 is 38.5. The highest BCUT2D eigenvalue weighted by Gasteiger charge is 2.30. The Bertz CT molecular complexity index is 1280. The number of carbonyl (C=O) groups excluding carboxylic acids is 1. The van der Waals surface area contributed by atoms with E-state index in [1.165, 1.54) is 11.6 Å². The number of nitrogens with zero attached hydrogens (tertiary/aromatic N) is 4. The molecule has 12 heteroatoms. The molecule has 0 atom stereocenters. The number of amides is 1. The summed E-state index contributed by atoms with van der Waals surface area (Å²) >= 11 is 0. The van der Waals surface area contributed by atoms with Crippen molar-refractivity contribution in [3.63, 3.8) is 0 Å². The van der Waals surface area contributed by atoms with E-state index in [1.54, 1.807) is 17.8 Å². The van der Waals surface area contributed by atoms with Gasteiger partial charge in [-0.15, -0.1) is 5.10 Å². The largest absolute Gasteiger partial charge is 0.405 e. The summed E-state index contributed by atoms with van der Waals surface area (Å²) in [7, 11) is 1.77. The van der Waals surface area contributed by atoms with Gasteiger partial charge in [0.25, 0.3) is 5.91 Å². The summed E-state index contributed by atoms with van der Waals surface area (Å²) in [4.78, 5) is 16.5. The number of rotatable bonds is 6. The number of aromatic amines is 1. The summed E-state index contributed by atoms with van der Waals surface area (Å²) in [6.45, 7) is -1.17. The number of aryl methyl sites for hydroxylation is 1. The number of H-pyrrole nitrogens is 1. The lowest BCUT2D eigenvalue weighted by Crippen LogP contribution is -2.38. The van der Waals surface area contributed by atoms with Crippen molar-refractivity contribution in [1.29, 1.82) is 0 Å². The molecule has 9 nitrogen and oxygen atoms in total. The van der Waals surface area contributed by atoms with Gasteiger partial charge in [-0.1, -0.05) is 6.08 Å². The molecule has 1 amide bonds. The Morgan fingerprint density at radius 3 is 2.79 bits per heavy atom. The normalized spacial score (nSPS) is 16.2. The number of allylic oxidation sites excluding steroid dienone is 2. The van der Waals surface area contributed by atoms with Gasteiger partial charge in [0, 0.05) is 30.2 Å². The van der Waals surface area contributed by atoms with Crippen molar-refractivity contribution in [2.24, 2.45) is 7.05 Å². The first kappa shape index (κ1) is 21.0. The summed E-state index contributed by atoms with van der Waals surface area (Å²) in [5, 5.41) is 20.7. The number of hydrogen-bond donors (Lipinski definition) is 4. The van der Waals surface area contributed by atoms with Crippen LogP contribution in [0, 0.1) is 0 Å². The number of nitrogens with one attached hydrogen (secondary N) is 4. The number of fused-ring (bicyclic) bond motifs is 1. The second kappa shape index (κ2) is 7.94. The monoisotopic (exact) mass is 458 g/mol. The molecule has 1 aliphatic heterocycles. The molecule has 0 radical (unpaired) electrons. The van der Waals surface area contributed by atoms with Crippen molar-refractivity contribution in [3.8, 4) is 0 Å². The molecule has 1 aromatic carbocycles. The van der Waals surface area contributed by atoms with Crippen LogP contribution in [0.2, 0.25) is 0 Å². The van der Waals surface area contributed by atoms with Crippen LogP contribution < -0.4 is 16.0 Å². The van der Waals surface area contributed by atoms with E-state index < -0.39 is 18.6 Å². The van der Waals surface area contributed by atoms with E-state index in [2.05, 4.69) is 30.9 Å². The minimum absolute atomic E-state index is 0.0553. The Labute approximate surface area is 186 Å². The number of anilines is 2. The second-order valence-corrected chi connectivity index (χ2v) is 8.06. The predicted octanol–water partition coefficient (Wildman–Crippen LogP) is 2.86. The average Bonchev–Trinajstić information content (AvgIpc) is 3.39. The maximum absolute atomic E-state index is 12.3. The molecule has 3 aromatic rings. The van der Waals surface area contributed by atoms with Gasteiger partial charge in [-0.2, -0.15) is 23.3 Å². The van der Waals surface area contributed by atoms with Crippen LogP contribution in [-0.4, -0.2) is 50.1 Å². The molecular weight excluding hydrogens is 437 g/mol. The minimum Gasteiger partial charge on any atom is -0.376 e. The van der Waals surface area contributed by atoms with E-state index in [-0.39, 0.29) is 12.2 Å². The lowest BCUT2D eigenvalue weighted by Gasteiger charge is -2.16. The number of carbonyl (C=O) groups is 1. The van der Waals surface area contributed by atoms with E-state index in [1.807, 2.05) is 23.6 Å². The SMILES string of the molecule is Cn1nc(C2=CC=C(C(=O)NCC(F)(F)F)NC2)nc1Nc1ccc2[nH]ncc2c1C1CC1. The van der Waals surface area contributed by atoms with Crippen LogP contribution >= 0.6 is 0 Å². The van der Waals surface area contributed by atoms with Crippen molar-refractivity contribution in [1.82, 2.24) is 35.6 Å². The zero-order chi connectivity index (χ0) is 23.2. The van der Waals surface area contributed by atoms with Gasteiger partial charge in [-0.05, 0) is 42.5 Å². The first-order valence-electron chi connectivity index (χ1n) is 10.4. The lowest BCUT2D eigenvalue weighted by molar-refractivity contribution is -0.136. The van der Waals surface area contributed by atoms with E-state index in [4.69, 9.17) is 0 Å². The molecule has 2 aliphatic rings. The van der Waals surface area contributed by atoms with Crippen molar-refractivity contribution in [2.75, 3.05) is 18.4 Å². The standard InChI is InChI=1S/C21H21F3N8O/c1-32-20(28-15-7-6-14-13(9-27-30-14)17(15)11-2-3-11)29-18(31-32)12-4-5-16(25-8-12)19(33)26-10-21(22,23)24/h4-7,9,11,25H,2-3,8,10H2,1H3,(H,26,33)(H,27,30)(H,28,29,31). The maximum Gasteiger partial charge on any atom is 0.405 e. The number of alkyl halides is 3. The summed E-state index contributed by atoms with van der Waals surface area (Å²) in [6.07, 6.45) is 2.69. The van der Waals surface area contributed by atoms with E-state index in [0.717, 1.165) is 29.4 Å². The van der Waals surface area contributed by atoms with Crippen LogP contribution in [0.3, 0.4) is 0 Å². The van der Waals surface area contributed by atoms with Crippen molar-refractivity contribution >= 4 is 34.0 Å². The third-order valence-electron chi connectivity index (χ3n) is 5.56. The Hall–Kier alpha value is -3.83. The summed E-state index contributed by atoms with van der Waals surface area (Å²) in [6, 6.07) is 3.97. The summed E-state index contributed by atoms with van der Waals surface area (Å²) in [5.41, 5.74) is 3.91. The number of dihydropyridines is 1. The molecule has 1 saturated carbocycles. The first-order chi connectivity index (χ1) is 15.8. The van der Waals surface area contributed by atoms with Crippen LogP contribution in [0.15, 0.2) is 36.2 Å². The predicted molar refractivity (Wildman–Crippen MR) is 115 cm³/mol. The van der Waals surface area contributed by atoms with Gasteiger partial charge < -0.3 is 16.0 Å². The lowest BCUT2D eigenvalue weighted by atomic mass is 10.0. The maximum atomic E-state index is 12.3. The molecule has 2 aromatic heterocycles. The fourth-order valence-corrected chi connectivity index (χ4v) is 3.79. The van der Waals surface area contributed by atoms with Crippen LogP contribution in [0.5, 0.6) is 0 Å². The molecule has 1 fully saturated rings. The molecule has 33 heavy (non-hydrogen) atoms. The van der Waals surface area contributed by atoms with E-state index >= 15 is 0 Å². The van der Waals surface area contributed by atoms with Gasteiger partial charge in [0.05, 0.1) is 11.7 Å². The van der Waals surface area contributed by atoms with Gasteiger partial charge >= 0.3 is 6.18 Å². The van der Waals surface area contributed by atoms with Crippen LogP contribution in [0.4, 0.5) is 24.8 Å². The molecule has 0 unspecified atom stereocenters. The molecule has 3 heterocycles. The van der Waals surface area contributed by atoms with E-state index in [9.17, 15) is 18.0 Å². The number of aromatic nitrogens is 5. The van der Waals surface area contributed by atoms with Gasteiger partial charge in [0.1, 0.15) is 12.2 Å². The Kier molecular flexibility index (Phi) is 5.06.